The highest BCUT2D eigenvalue weighted by Crippen LogP contribution is 2.47. The van der Waals surface area contributed by atoms with E-state index in [2.05, 4.69) is 16.0 Å². The summed E-state index contributed by atoms with van der Waals surface area (Å²) in [5.74, 6) is 2.29. The number of amides is 1. The van der Waals surface area contributed by atoms with Gasteiger partial charge < -0.3 is 15.6 Å². The maximum Gasteiger partial charge on any atom is 0.229 e. The highest BCUT2D eigenvalue weighted by atomic mass is 35.5. The van der Waals surface area contributed by atoms with Crippen LogP contribution < -0.4 is 11.1 Å². The predicted octanol–water partition coefficient (Wildman–Crippen LogP) is 3.92. The summed E-state index contributed by atoms with van der Waals surface area (Å²) < 4.78 is 2.35. The molecule has 2 aliphatic carbocycles. The number of benzene rings is 1. The maximum absolute atomic E-state index is 12.8. The number of hydrogen-bond acceptors (Lipinski definition) is 3. The molecule has 2 heterocycles. The van der Waals surface area contributed by atoms with Crippen LogP contribution in [0.4, 0.5) is 5.69 Å². The number of carbonyl (C=O) groups is 1. The van der Waals surface area contributed by atoms with E-state index in [1.807, 2.05) is 12.1 Å². The summed E-state index contributed by atoms with van der Waals surface area (Å²) in [6.45, 7) is 1.05. The Bertz CT molecular complexity index is 835. The molecule has 1 aromatic heterocycles. The molecule has 5 rings (SSSR count). The zero-order valence-corrected chi connectivity index (χ0v) is 17.0. The van der Waals surface area contributed by atoms with Gasteiger partial charge in [0.25, 0.3) is 0 Å². The summed E-state index contributed by atoms with van der Waals surface area (Å²) in [5.41, 5.74) is 9.34. The maximum atomic E-state index is 12.8. The van der Waals surface area contributed by atoms with Crippen LogP contribution in [0.2, 0.25) is 0 Å². The second-order valence-electron chi connectivity index (χ2n) is 8.12. The van der Waals surface area contributed by atoms with Crippen molar-refractivity contribution in [1.82, 2.24) is 9.55 Å². The van der Waals surface area contributed by atoms with Gasteiger partial charge in [-0.3, -0.25) is 4.79 Å². The molecule has 2 bridgehead atoms. The number of aryl methyl sites for hydroxylation is 2. The fraction of sp³-hybridized carbons (Fsp3) is 0.600. The molecule has 4 unspecified atom stereocenters. The molecule has 3 N–H and O–H groups in total. The predicted molar refractivity (Wildman–Crippen MR) is 113 cm³/mol. The topological polar surface area (TPSA) is 72.9 Å². The third kappa shape index (κ3) is 3.45. The van der Waals surface area contributed by atoms with Gasteiger partial charge in [-0.05, 0) is 62.1 Å². The van der Waals surface area contributed by atoms with E-state index < -0.39 is 0 Å². The number of carbonyl (C=O) groups excluding carboxylic acids is 1. The Kier molecular flexibility index (Phi) is 6.04. The van der Waals surface area contributed by atoms with Crippen LogP contribution in [0.1, 0.15) is 44.3 Å². The van der Waals surface area contributed by atoms with Gasteiger partial charge in [-0.2, -0.15) is 0 Å². The second kappa shape index (κ2) is 7.98. The van der Waals surface area contributed by atoms with E-state index in [1.165, 1.54) is 37.0 Å². The quantitative estimate of drug-likeness (QED) is 0.787. The zero-order valence-electron chi connectivity index (χ0n) is 15.4. The minimum atomic E-state index is -0.0202. The van der Waals surface area contributed by atoms with E-state index in [0.29, 0.717) is 11.8 Å². The SMILES string of the molecule is Cl.Cl.NC1C2CCC(C2)C1C(=O)Nc1ccc2c(c1)nc1n2CCCCC1. The van der Waals surface area contributed by atoms with Crippen LogP contribution in [0.3, 0.4) is 0 Å². The number of aromatic nitrogens is 2. The third-order valence-corrected chi connectivity index (χ3v) is 6.66. The fourth-order valence-electron chi connectivity index (χ4n) is 5.38. The van der Waals surface area contributed by atoms with Crippen LogP contribution in [0.5, 0.6) is 0 Å². The van der Waals surface area contributed by atoms with Crippen LogP contribution in [0.25, 0.3) is 11.0 Å². The molecule has 0 spiro atoms. The lowest BCUT2D eigenvalue weighted by atomic mass is 9.84. The number of imidazole rings is 1. The van der Waals surface area contributed by atoms with E-state index in [0.717, 1.165) is 37.0 Å². The van der Waals surface area contributed by atoms with E-state index >= 15 is 0 Å². The number of rotatable bonds is 2. The molecule has 1 amide bonds. The zero-order chi connectivity index (χ0) is 17.0. The second-order valence-corrected chi connectivity index (χ2v) is 8.12. The number of nitrogens with zero attached hydrogens (tertiary/aromatic N) is 2. The number of anilines is 1. The summed E-state index contributed by atoms with van der Waals surface area (Å²) in [6, 6.07) is 6.17. The van der Waals surface area contributed by atoms with Crippen molar-refractivity contribution in [3.05, 3.63) is 24.0 Å². The number of halogens is 2. The number of nitrogens with two attached hydrogens (primary N) is 1. The molecule has 7 heteroatoms. The normalized spacial score (nSPS) is 28.8. The highest BCUT2D eigenvalue weighted by Gasteiger charge is 2.49. The minimum absolute atomic E-state index is 0. The largest absolute Gasteiger partial charge is 0.328 e. The standard InChI is InChI=1S/C20H26N4O.2ClH/c21-19-13-6-5-12(10-13)18(19)20(25)22-14-7-8-16-15(11-14)23-17-4-2-1-3-9-24(16)17;;/h7-8,11-13,18-19H,1-6,9-10,21H2,(H,22,25);2*1H. The molecule has 5 nitrogen and oxygen atoms in total. The molecule has 1 aliphatic heterocycles. The molecule has 2 aromatic rings. The summed E-state index contributed by atoms with van der Waals surface area (Å²) in [6.07, 6.45) is 8.25. The first-order valence-electron chi connectivity index (χ1n) is 9.76. The molecule has 148 valence electrons. The van der Waals surface area contributed by atoms with Crippen LogP contribution >= 0.6 is 24.8 Å². The van der Waals surface area contributed by atoms with Crippen molar-refractivity contribution in [3.63, 3.8) is 0 Å². The first-order chi connectivity index (χ1) is 12.2. The minimum Gasteiger partial charge on any atom is -0.328 e. The molecule has 3 aliphatic rings. The van der Waals surface area contributed by atoms with Gasteiger partial charge in [0, 0.05) is 24.7 Å². The Hall–Kier alpha value is -1.30. The van der Waals surface area contributed by atoms with Crippen LogP contribution in [0, 0.1) is 17.8 Å². The van der Waals surface area contributed by atoms with Gasteiger partial charge >= 0.3 is 0 Å². The van der Waals surface area contributed by atoms with Gasteiger partial charge in [-0.25, -0.2) is 4.98 Å². The van der Waals surface area contributed by atoms with Crippen molar-refractivity contribution >= 4 is 47.4 Å². The van der Waals surface area contributed by atoms with Gasteiger partial charge in [-0.15, -0.1) is 24.8 Å². The molecule has 0 radical (unpaired) electrons. The van der Waals surface area contributed by atoms with Gasteiger partial charge in [-0.1, -0.05) is 6.42 Å². The van der Waals surface area contributed by atoms with Gasteiger partial charge in [0.2, 0.25) is 5.91 Å². The summed E-state index contributed by atoms with van der Waals surface area (Å²) in [5, 5.41) is 3.12. The molecule has 27 heavy (non-hydrogen) atoms. The molecule has 0 saturated heterocycles. The summed E-state index contributed by atoms with van der Waals surface area (Å²) >= 11 is 0. The lowest BCUT2D eigenvalue weighted by molar-refractivity contribution is -0.121. The van der Waals surface area contributed by atoms with E-state index in [9.17, 15) is 4.79 Å². The van der Waals surface area contributed by atoms with Crippen molar-refractivity contribution in [1.29, 1.82) is 0 Å². The molecule has 1 aromatic carbocycles. The molecule has 2 fully saturated rings. The van der Waals surface area contributed by atoms with Gasteiger partial charge in [0.1, 0.15) is 5.82 Å². The number of hydrogen-bond donors (Lipinski definition) is 2. The monoisotopic (exact) mass is 410 g/mol. The highest BCUT2D eigenvalue weighted by molar-refractivity contribution is 5.95. The smallest absolute Gasteiger partial charge is 0.229 e. The Morgan fingerprint density at radius 2 is 1.96 bits per heavy atom. The Labute approximate surface area is 172 Å². The van der Waals surface area contributed by atoms with Crippen molar-refractivity contribution < 1.29 is 4.79 Å². The van der Waals surface area contributed by atoms with Crippen LogP contribution in [-0.4, -0.2) is 21.5 Å². The third-order valence-electron chi connectivity index (χ3n) is 6.66. The molecule has 2 saturated carbocycles. The molecule has 4 atom stereocenters. The van der Waals surface area contributed by atoms with E-state index in [-0.39, 0.29) is 42.7 Å². The number of nitrogens with one attached hydrogen (secondary N) is 1. The summed E-state index contributed by atoms with van der Waals surface area (Å²) in [4.78, 5) is 17.6. The lowest BCUT2D eigenvalue weighted by Gasteiger charge is -2.27. The van der Waals surface area contributed by atoms with Crippen LogP contribution in [-0.2, 0) is 17.8 Å². The fourth-order valence-corrected chi connectivity index (χ4v) is 5.38. The van der Waals surface area contributed by atoms with Crippen molar-refractivity contribution in [2.75, 3.05) is 5.32 Å². The van der Waals surface area contributed by atoms with E-state index in [1.54, 1.807) is 0 Å². The first kappa shape index (κ1) is 20.4. The molecular weight excluding hydrogens is 383 g/mol. The summed E-state index contributed by atoms with van der Waals surface area (Å²) in [7, 11) is 0. The Balaban J connectivity index is 0.00000105. The first-order valence-corrected chi connectivity index (χ1v) is 9.76. The van der Waals surface area contributed by atoms with Crippen molar-refractivity contribution in [2.45, 2.75) is 57.5 Å². The number of fused-ring (bicyclic) bond motifs is 5. The van der Waals surface area contributed by atoms with Crippen molar-refractivity contribution in [3.8, 4) is 0 Å². The van der Waals surface area contributed by atoms with Crippen molar-refractivity contribution in [2.24, 2.45) is 23.5 Å². The van der Waals surface area contributed by atoms with Crippen LogP contribution in [0.15, 0.2) is 18.2 Å². The van der Waals surface area contributed by atoms with E-state index in [4.69, 9.17) is 10.7 Å². The lowest BCUT2D eigenvalue weighted by Crippen LogP contribution is -2.42. The average molecular weight is 411 g/mol. The van der Waals surface area contributed by atoms with Gasteiger partial charge in [0.15, 0.2) is 0 Å². The Morgan fingerprint density at radius 1 is 1.15 bits per heavy atom. The average Bonchev–Trinajstić information content (AvgIpc) is 3.23. The Morgan fingerprint density at radius 3 is 2.74 bits per heavy atom. The van der Waals surface area contributed by atoms with Gasteiger partial charge in [0.05, 0.1) is 17.0 Å². The molecular formula is C20H28Cl2N4O.